The molecule has 3 heterocycles. The number of pyridine rings is 1. The first kappa shape index (κ1) is 24.2. The summed E-state index contributed by atoms with van der Waals surface area (Å²) < 4.78 is 43.0. The van der Waals surface area contributed by atoms with Gasteiger partial charge in [-0.3, -0.25) is 0 Å². The first-order valence-electron chi connectivity index (χ1n) is 11.2. The molecule has 34 heavy (non-hydrogen) atoms. The van der Waals surface area contributed by atoms with Gasteiger partial charge < -0.3 is 20.2 Å². The van der Waals surface area contributed by atoms with E-state index in [1.807, 2.05) is 6.07 Å². The number of hydrogen-bond acceptors (Lipinski definition) is 7. The van der Waals surface area contributed by atoms with Crippen LogP contribution in [0.5, 0.6) is 0 Å². The largest absolute Gasteiger partial charge is 0.390 e. The highest BCUT2D eigenvalue weighted by Gasteiger charge is 2.35. The summed E-state index contributed by atoms with van der Waals surface area (Å²) in [5.74, 6) is -2.94. The van der Waals surface area contributed by atoms with E-state index in [2.05, 4.69) is 44.2 Å². The monoisotopic (exact) mass is 474 g/mol. The van der Waals surface area contributed by atoms with Crippen LogP contribution in [0.1, 0.15) is 36.3 Å². The van der Waals surface area contributed by atoms with E-state index in [0.29, 0.717) is 28.6 Å². The maximum Gasteiger partial charge on any atom is 0.298 e. The van der Waals surface area contributed by atoms with E-state index in [1.54, 1.807) is 20.0 Å². The number of aromatic nitrogens is 3. The molecule has 0 unspecified atom stereocenters. The second kappa shape index (κ2) is 9.34. The normalized spacial score (nSPS) is 17.6. The third-order valence-corrected chi connectivity index (χ3v) is 6.34. The van der Waals surface area contributed by atoms with Crippen LogP contribution in [0, 0.1) is 12.7 Å². The quantitative estimate of drug-likeness (QED) is 0.538. The van der Waals surface area contributed by atoms with Crippen LogP contribution in [0.25, 0.3) is 10.9 Å². The number of benzene rings is 1. The van der Waals surface area contributed by atoms with Crippen molar-refractivity contribution < 1.29 is 18.3 Å². The number of alkyl halides is 2. The van der Waals surface area contributed by atoms with Crippen molar-refractivity contribution in [1.82, 2.24) is 19.9 Å². The first-order valence-corrected chi connectivity index (χ1v) is 11.2. The van der Waals surface area contributed by atoms with Crippen molar-refractivity contribution in [3.8, 4) is 0 Å². The summed E-state index contributed by atoms with van der Waals surface area (Å²) in [4.78, 5) is 18.0. The molecule has 1 aromatic carbocycles. The van der Waals surface area contributed by atoms with Gasteiger partial charge >= 0.3 is 0 Å². The molecule has 0 spiro atoms. The number of aliphatic hydroxyl groups is 1. The maximum atomic E-state index is 15.0. The standard InChI is InChI=1S/C24H29F3N6O/c1-14(17-6-5-7-19(22(17)25)24(26,27)13-34)29-23-18-10-21(28-11-20(18)30-15(2)31-23)33-9-8-16(12-33)32(3)4/h5-7,10-11,14,16,34H,8-9,12-13H2,1-4H3,(H,29,30,31)/t14-,16-/m1/s1. The fourth-order valence-corrected chi connectivity index (χ4v) is 4.33. The van der Waals surface area contributed by atoms with E-state index in [1.165, 1.54) is 12.1 Å². The highest BCUT2D eigenvalue weighted by molar-refractivity contribution is 5.90. The van der Waals surface area contributed by atoms with Gasteiger partial charge in [0.15, 0.2) is 0 Å². The van der Waals surface area contributed by atoms with Gasteiger partial charge in [0.05, 0.1) is 23.3 Å². The molecule has 1 saturated heterocycles. The molecular formula is C24H29F3N6O. The number of hydrogen-bond donors (Lipinski definition) is 2. The van der Waals surface area contributed by atoms with Gasteiger partial charge in [0.25, 0.3) is 5.92 Å². The van der Waals surface area contributed by atoms with Gasteiger partial charge in [0.1, 0.15) is 29.9 Å². The molecule has 1 fully saturated rings. The van der Waals surface area contributed by atoms with Crippen LogP contribution >= 0.6 is 0 Å². The Morgan fingerprint density at radius 3 is 2.74 bits per heavy atom. The van der Waals surface area contributed by atoms with Crippen LogP contribution in [0.4, 0.5) is 24.8 Å². The summed E-state index contributed by atoms with van der Waals surface area (Å²) in [5.41, 5.74) is -0.145. The lowest BCUT2D eigenvalue weighted by Crippen LogP contribution is -2.31. The minimum absolute atomic E-state index is 0.0534. The van der Waals surface area contributed by atoms with Crippen molar-refractivity contribution in [2.75, 3.05) is 44.0 Å². The maximum absolute atomic E-state index is 15.0. The minimum atomic E-state index is -3.67. The lowest BCUT2D eigenvalue weighted by Gasteiger charge is -2.22. The molecule has 3 aromatic rings. The Bertz CT molecular complexity index is 1190. The molecule has 7 nitrogen and oxygen atoms in total. The second-order valence-electron chi connectivity index (χ2n) is 8.97. The van der Waals surface area contributed by atoms with Gasteiger partial charge in [-0.25, -0.2) is 19.3 Å². The van der Waals surface area contributed by atoms with Crippen molar-refractivity contribution in [1.29, 1.82) is 0 Å². The van der Waals surface area contributed by atoms with Crippen LogP contribution < -0.4 is 10.2 Å². The Morgan fingerprint density at radius 1 is 1.29 bits per heavy atom. The number of aliphatic hydroxyl groups excluding tert-OH is 1. The van der Waals surface area contributed by atoms with Crippen LogP contribution in [-0.4, -0.2) is 64.8 Å². The second-order valence-corrected chi connectivity index (χ2v) is 8.97. The summed E-state index contributed by atoms with van der Waals surface area (Å²) in [7, 11) is 4.12. The Balaban J connectivity index is 1.67. The zero-order valence-corrected chi connectivity index (χ0v) is 19.7. The molecule has 0 saturated carbocycles. The number of nitrogens with one attached hydrogen (secondary N) is 1. The SMILES string of the molecule is Cc1nc(N[C@H](C)c2cccc(C(F)(F)CO)c2F)c2cc(N3CC[C@@H](N(C)C)C3)ncc2n1. The predicted molar refractivity (Wildman–Crippen MR) is 126 cm³/mol. The topological polar surface area (TPSA) is 77.4 Å². The lowest BCUT2D eigenvalue weighted by atomic mass is 10.00. The Kier molecular flexibility index (Phi) is 6.64. The number of nitrogens with zero attached hydrogens (tertiary/aromatic N) is 5. The molecule has 0 amide bonds. The molecule has 2 N–H and O–H groups in total. The molecule has 182 valence electrons. The van der Waals surface area contributed by atoms with E-state index in [-0.39, 0.29) is 5.56 Å². The van der Waals surface area contributed by atoms with Crippen molar-refractivity contribution in [2.24, 2.45) is 0 Å². The van der Waals surface area contributed by atoms with E-state index < -0.39 is 30.0 Å². The number of fused-ring (bicyclic) bond motifs is 1. The summed E-state index contributed by atoms with van der Waals surface area (Å²) >= 11 is 0. The van der Waals surface area contributed by atoms with Gasteiger partial charge in [0.2, 0.25) is 0 Å². The average molecular weight is 475 g/mol. The zero-order chi connectivity index (χ0) is 24.6. The molecule has 2 aromatic heterocycles. The fourth-order valence-electron chi connectivity index (χ4n) is 4.33. The molecular weight excluding hydrogens is 445 g/mol. The molecule has 0 bridgehead atoms. The highest BCUT2D eigenvalue weighted by atomic mass is 19.3. The first-order chi connectivity index (χ1) is 16.1. The zero-order valence-electron chi connectivity index (χ0n) is 19.7. The molecule has 2 atom stereocenters. The lowest BCUT2D eigenvalue weighted by molar-refractivity contribution is -0.0583. The number of rotatable bonds is 7. The smallest absolute Gasteiger partial charge is 0.298 e. The molecule has 0 radical (unpaired) electrons. The summed E-state index contributed by atoms with van der Waals surface area (Å²) in [5, 5.41) is 12.9. The van der Waals surface area contributed by atoms with Crippen molar-refractivity contribution >= 4 is 22.5 Å². The number of aryl methyl sites for hydroxylation is 1. The van der Waals surface area contributed by atoms with Crippen LogP contribution in [0.2, 0.25) is 0 Å². The Labute approximate surface area is 196 Å². The summed E-state index contributed by atoms with van der Waals surface area (Å²) in [6.45, 7) is 3.69. The number of anilines is 2. The Morgan fingerprint density at radius 2 is 2.06 bits per heavy atom. The van der Waals surface area contributed by atoms with Gasteiger partial charge in [0, 0.05) is 30.1 Å². The van der Waals surface area contributed by atoms with Gasteiger partial charge in [-0.05, 0) is 46.5 Å². The number of halogens is 3. The van der Waals surface area contributed by atoms with E-state index >= 15 is 0 Å². The third-order valence-electron chi connectivity index (χ3n) is 6.34. The van der Waals surface area contributed by atoms with Crippen LogP contribution in [0.3, 0.4) is 0 Å². The summed E-state index contributed by atoms with van der Waals surface area (Å²) in [6, 6.07) is 5.47. The minimum Gasteiger partial charge on any atom is -0.390 e. The molecule has 1 aliphatic heterocycles. The molecule has 10 heteroatoms. The average Bonchev–Trinajstić information content (AvgIpc) is 3.29. The van der Waals surface area contributed by atoms with Gasteiger partial charge in [-0.2, -0.15) is 8.78 Å². The number of likely N-dealkylation sites (N-methyl/N-ethyl adjacent to an activating group) is 1. The van der Waals surface area contributed by atoms with Crippen molar-refractivity contribution in [2.45, 2.75) is 38.3 Å². The van der Waals surface area contributed by atoms with Crippen molar-refractivity contribution in [3.63, 3.8) is 0 Å². The molecule has 4 rings (SSSR count). The summed E-state index contributed by atoms with van der Waals surface area (Å²) in [6.07, 6.45) is 2.73. The van der Waals surface area contributed by atoms with Crippen molar-refractivity contribution in [3.05, 3.63) is 53.2 Å². The predicted octanol–water partition coefficient (Wildman–Crippen LogP) is 3.87. The van der Waals surface area contributed by atoms with E-state index in [0.717, 1.165) is 31.4 Å². The van der Waals surface area contributed by atoms with E-state index in [4.69, 9.17) is 5.11 Å². The van der Waals surface area contributed by atoms with Crippen LogP contribution in [-0.2, 0) is 5.92 Å². The van der Waals surface area contributed by atoms with Crippen LogP contribution in [0.15, 0.2) is 30.5 Å². The third kappa shape index (κ3) is 4.65. The van der Waals surface area contributed by atoms with Gasteiger partial charge in [-0.1, -0.05) is 12.1 Å². The highest BCUT2D eigenvalue weighted by Crippen LogP contribution is 2.34. The Hall–Kier alpha value is -2.98. The fraction of sp³-hybridized carbons (Fsp3) is 0.458. The van der Waals surface area contributed by atoms with E-state index in [9.17, 15) is 13.2 Å². The molecule has 0 aliphatic carbocycles. The van der Waals surface area contributed by atoms with Gasteiger partial charge in [-0.15, -0.1) is 0 Å². The molecule has 1 aliphatic rings.